The van der Waals surface area contributed by atoms with Crippen molar-refractivity contribution in [2.75, 3.05) is 0 Å². The maximum atomic E-state index is 11.5. The quantitative estimate of drug-likeness (QED) is 0.683. The van der Waals surface area contributed by atoms with E-state index in [9.17, 15) is 9.59 Å². The van der Waals surface area contributed by atoms with Crippen molar-refractivity contribution in [3.8, 4) is 0 Å². The Hall–Kier alpha value is -2.12. The maximum absolute atomic E-state index is 11.5. The second-order valence-electron chi connectivity index (χ2n) is 4.21. The van der Waals surface area contributed by atoms with Crippen LogP contribution in [0.1, 0.15) is 24.6 Å². The molecule has 1 saturated carbocycles. The van der Waals surface area contributed by atoms with Gasteiger partial charge in [-0.05, 0) is 18.8 Å². The number of urea groups is 1. The predicted octanol–water partition coefficient (Wildman–Crippen LogP) is 0.0404. The highest BCUT2D eigenvalue weighted by atomic mass is 16.5. The summed E-state index contributed by atoms with van der Waals surface area (Å²) in [6.07, 6.45) is 1.67. The van der Waals surface area contributed by atoms with E-state index in [4.69, 9.17) is 9.63 Å². The third-order valence-corrected chi connectivity index (χ3v) is 2.62. The number of carbonyl (C=O) groups excluding carboxylic acids is 1. The van der Waals surface area contributed by atoms with Gasteiger partial charge in [0.05, 0.1) is 6.54 Å². The molecule has 1 aromatic heterocycles. The molecule has 98 valence electrons. The van der Waals surface area contributed by atoms with Gasteiger partial charge in [0.15, 0.2) is 5.82 Å². The zero-order valence-electron chi connectivity index (χ0n) is 9.84. The molecule has 8 nitrogen and oxygen atoms in total. The number of carbonyl (C=O) groups is 2. The average Bonchev–Trinajstić information content (AvgIpc) is 3.06. The molecule has 1 unspecified atom stereocenters. The number of carboxylic acid groups (broad SMARTS) is 1. The summed E-state index contributed by atoms with van der Waals surface area (Å²) < 4.78 is 4.74. The van der Waals surface area contributed by atoms with Crippen LogP contribution in [-0.2, 0) is 11.3 Å². The van der Waals surface area contributed by atoms with Gasteiger partial charge < -0.3 is 20.3 Å². The van der Waals surface area contributed by atoms with Crippen LogP contribution in [-0.4, -0.2) is 33.3 Å². The molecular formula is C10H14N4O4. The molecule has 0 aromatic carbocycles. The van der Waals surface area contributed by atoms with Gasteiger partial charge in [-0.1, -0.05) is 5.16 Å². The van der Waals surface area contributed by atoms with Gasteiger partial charge in [0.25, 0.3) is 0 Å². The zero-order chi connectivity index (χ0) is 13.1. The first kappa shape index (κ1) is 12.3. The van der Waals surface area contributed by atoms with Crippen molar-refractivity contribution in [3.63, 3.8) is 0 Å². The van der Waals surface area contributed by atoms with E-state index in [1.54, 1.807) is 6.92 Å². The number of aliphatic carboxylic acids is 1. The molecule has 1 fully saturated rings. The number of aryl methyl sites for hydroxylation is 1. The molecule has 0 saturated heterocycles. The third-order valence-electron chi connectivity index (χ3n) is 2.62. The Bertz CT molecular complexity index is 454. The number of nitrogens with one attached hydrogen (secondary N) is 2. The van der Waals surface area contributed by atoms with Crippen molar-refractivity contribution in [2.45, 2.75) is 32.4 Å². The molecular weight excluding hydrogens is 240 g/mol. The lowest BCUT2D eigenvalue weighted by Crippen LogP contribution is -2.47. The van der Waals surface area contributed by atoms with Crippen molar-refractivity contribution in [2.24, 2.45) is 5.92 Å². The van der Waals surface area contributed by atoms with Gasteiger partial charge in [-0.15, -0.1) is 0 Å². The highest BCUT2D eigenvalue weighted by molar-refractivity contribution is 5.82. The summed E-state index contributed by atoms with van der Waals surface area (Å²) in [6.45, 7) is 1.74. The summed E-state index contributed by atoms with van der Waals surface area (Å²) in [5, 5.41) is 17.4. The fraction of sp³-hybridized carbons (Fsp3) is 0.600. The summed E-state index contributed by atoms with van der Waals surface area (Å²) in [5.41, 5.74) is 0. The van der Waals surface area contributed by atoms with Crippen LogP contribution in [0.3, 0.4) is 0 Å². The van der Waals surface area contributed by atoms with Gasteiger partial charge >= 0.3 is 12.0 Å². The van der Waals surface area contributed by atoms with Gasteiger partial charge in [-0.3, -0.25) is 0 Å². The van der Waals surface area contributed by atoms with Crippen LogP contribution >= 0.6 is 0 Å². The Kier molecular flexibility index (Phi) is 3.45. The minimum atomic E-state index is -1.01. The summed E-state index contributed by atoms with van der Waals surface area (Å²) in [4.78, 5) is 26.3. The molecule has 1 heterocycles. The predicted molar refractivity (Wildman–Crippen MR) is 58.6 cm³/mol. The molecule has 0 spiro atoms. The van der Waals surface area contributed by atoms with Gasteiger partial charge in [0, 0.05) is 6.92 Å². The number of aromatic nitrogens is 2. The molecule has 1 aliphatic rings. The van der Waals surface area contributed by atoms with E-state index in [-0.39, 0.29) is 12.5 Å². The first-order valence-corrected chi connectivity index (χ1v) is 5.62. The van der Waals surface area contributed by atoms with E-state index in [0.29, 0.717) is 11.7 Å². The Balaban J connectivity index is 1.79. The molecule has 2 rings (SSSR count). The normalized spacial score (nSPS) is 16.1. The molecule has 0 radical (unpaired) electrons. The fourth-order valence-electron chi connectivity index (χ4n) is 1.58. The van der Waals surface area contributed by atoms with Crippen LogP contribution in [0.2, 0.25) is 0 Å². The lowest BCUT2D eigenvalue weighted by Gasteiger charge is -2.13. The lowest BCUT2D eigenvalue weighted by molar-refractivity contribution is -0.139. The highest BCUT2D eigenvalue weighted by Gasteiger charge is 2.37. The Morgan fingerprint density at radius 3 is 2.78 bits per heavy atom. The van der Waals surface area contributed by atoms with Crippen molar-refractivity contribution in [1.82, 2.24) is 20.8 Å². The number of hydrogen-bond acceptors (Lipinski definition) is 5. The van der Waals surface area contributed by atoms with Crippen LogP contribution in [0.5, 0.6) is 0 Å². The van der Waals surface area contributed by atoms with Crippen molar-refractivity contribution >= 4 is 12.0 Å². The number of nitrogens with zero attached hydrogens (tertiary/aromatic N) is 2. The van der Waals surface area contributed by atoms with E-state index >= 15 is 0 Å². The monoisotopic (exact) mass is 254 g/mol. The van der Waals surface area contributed by atoms with Crippen LogP contribution in [0, 0.1) is 12.8 Å². The molecule has 8 heteroatoms. The van der Waals surface area contributed by atoms with Crippen molar-refractivity contribution < 1.29 is 19.2 Å². The first-order valence-electron chi connectivity index (χ1n) is 5.62. The molecule has 3 N–H and O–H groups in total. The van der Waals surface area contributed by atoms with Gasteiger partial charge in [0.2, 0.25) is 5.89 Å². The smallest absolute Gasteiger partial charge is 0.326 e. The summed E-state index contributed by atoms with van der Waals surface area (Å²) in [5.74, 6) is -0.210. The summed E-state index contributed by atoms with van der Waals surface area (Å²) >= 11 is 0. The van der Waals surface area contributed by atoms with E-state index < -0.39 is 18.0 Å². The number of carboxylic acids is 1. The Morgan fingerprint density at radius 1 is 1.56 bits per heavy atom. The second kappa shape index (κ2) is 5.03. The van der Waals surface area contributed by atoms with E-state index in [1.807, 2.05) is 0 Å². The van der Waals surface area contributed by atoms with Crippen LogP contribution in [0.15, 0.2) is 4.52 Å². The zero-order valence-corrected chi connectivity index (χ0v) is 9.84. The van der Waals surface area contributed by atoms with E-state index in [1.165, 1.54) is 0 Å². The maximum Gasteiger partial charge on any atom is 0.326 e. The molecule has 1 aliphatic carbocycles. The Morgan fingerprint density at radius 2 is 2.28 bits per heavy atom. The van der Waals surface area contributed by atoms with Crippen LogP contribution < -0.4 is 10.6 Å². The van der Waals surface area contributed by atoms with Gasteiger partial charge in [0.1, 0.15) is 6.04 Å². The van der Waals surface area contributed by atoms with Gasteiger partial charge in [-0.25, -0.2) is 9.59 Å². The minimum Gasteiger partial charge on any atom is -0.480 e. The number of hydrogen-bond donors (Lipinski definition) is 3. The largest absolute Gasteiger partial charge is 0.480 e. The molecule has 2 amide bonds. The molecule has 1 atom stereocenters. The highest BCUT2D eigenvalue weighted by Crippen LogP contribution is 2.32. The topological polar surface area (TPSA) is 117 Å². The summed E-state index contributed by atoms with van der Waals surface area (Å²) in [6, 6.07) is -1.37. The average molecular weight is 254 g/mol. The third kappa shape index (κ3) is 3.19. The molecule has 0 bridgehead atoms. The first-order chi connectivity index (χ1) is 8.56. The van der Waals surface area contributed by atoms with Crippen LogP contribution in [0.25, 0.3) is 0 Å². The van der Waals surface area contributed by atoms with Crippen molar-refractivity contribution in [1.29, 1.82) is 0 Å². The standard InChI is InChI=1S/C10H14N4O4/c1-5-12-7(14-18-5)4-11-10(17)13-8(9(15)16)6-2-3-6/h6,8H,2-4H2,1H3,(H,15,16)(H2,11,13,17). The second-order valence-corrected chi connectivity index (χ2v) is 4.21. The van der Waals surface area contributed by atoms with Gasteiger partial charge in [-0.2, -0.15) is 4.98 Å². The lowest BCUT2D eigenvalue weighted by atomic mass is 10.2. The summed E-state index contributed by atoms with van der Waals surface area (Å²) in [7, 11) is 0. The number of amides is 2. The van der Waals surface area contributed by atoms with Crippen molar-refractivity contribution in [3.05, 3.63) is 11.7 Å². The molecule has 1 aromatic rings. The Labute approximate surface area is 103 Å². The van der Waals surface area contributed by atoms with Crippen LogP contribution in [0.4, 0.5) is 4.79 Å². The number of rotatable bonds is 5. The fourth-order valence-corrected chi connectivity index (χ4v) is 1.58. The van der Waals surface area contributed by atoms with E-state index in [0.717, 1.165) is 12.8 Å². The van der Waals surface area contributed by atoms with E-state index in [2.05, 4.69) is 20.8 Å². The molecule has 0 aliphatic heterocycles. The molecule has 18 heavy (non-hydrogen) atoms. The SMILES string of the molecule is Cc1nc(CNC(=O)NC(C(=O)O)C2CC2)no1. The minimum absolute atomic E-state index is 0.0423.